The fourth-order valence-electron chi connectivity index (χ4n) is 6.97. The van der Waals surface area contributed by atoms with Crippen LogP contribution in [0.5, 0.6) is 0 Å². The van der Waals surface area contributed by atoms with E-state index in [0.29, 0.717) is 17.3 Å². The Morgan fingerprint density at radius 3 is 2.55 bits per heavy atom. The molecular formula is C20H32O2. The highest BCUT2D eigenvalue weighted by atomic mass is 16.3. The predicted octanol–water partition coefficient (Wildman–Crippen LogP) is 3.92. The first-order valence-electron chi connectivity index (χ1n) is 9.43. The van der Waals surface area contributed by atoms with E-state index in [1.807, 2.05) is 0 Å². The molecule has 3 saturated carbocycles. The summed E-state index contributed by atoms with van der Waals surface area (Å²) in [6.07, 6.45) is 10.0. The smallest absolute Gasteiger partial charge is 0.0596 e. The molecule has 2 N–H and O–H groups in total. The van der Waals surface area contributed by atoms with Crippen LogP contribution in [0, 0.1) is 34.5 Å². The zero-order valence-corrected chi connectivity index (χ0v) is 14.4. The van der Waals surface area contributed by atoms with Crippen LogP contribution in [0.3, 0.4) is 0 Å². The van der Waals surface area contributed by atoms with Crippen LogP contribution in [-0.2, 0) is 0 Å². The van der Waals surface area contributed by atoms with Gasteiger partial charge in [-0.1, -0.05) is 32.4 Å². The zero-order chi connectivity index (χ0) is 15.7. The summed E-state index contributed by atoms with van der Waals surface area (Å²) >= 11 is 0. The number of allylic oxidation sites excluding steroid dienone is 1. The Bertz CT molecular complexity index is 498. The van der Waals surface area contributed by atoms with Crippen molar-refractivity contribution in [2.45, 2.75) is 77.9 Å². The van der Waals surface area contributed by atoms with E-state index >= 15 is 0 Å². The van der Waals surface area contributed by atoms with Crippen molar-refractivity contribution in [1.29, 1.82) is 0 Å². The summed E-state index contributed by atoms with van der Waals surface area (Å²) in [5.74, 6) is 2.80. The minimum absolute atomic E-state index is 0.0861. The van der Waals surface area contributed by atoms with Crippen molar-refractivity contribution in [2.24, 2.45) is 34.5 Å². The predicted molar refractivity (Wildman–Crippen MR) is 88.3 cm³/mol. The lowest BCUT2D eigenvalue weighted by molar-refractivity contribution is -0.0847. The molecule has 4 rings (SSSR count). The zero-order valence-electron chi connectivity index (χ0n) is 14.4. The standard InChI is InChI=1S/C20H32O2/c1-12-10-13-11-14(21)6-8-19(13,2)16-7-9-20(3)15(18(12)16)4-5-17(20)22/h10,12,14-18,21-22H,4-9,11H2,1-3H3. The molecule has 0 amide bonds. The first-order chi connectivity index (χ1) is 10.4. The van der Waals surface area contributed by atoms with Crippen molar-refractivity contribution < 1.29 is 10.2 Å². The molecule has 0 aromatic carbocycles. The van der Waals surface area contributed by atoms with Crippen LogP contribution in [0.15, 0.2) is 11.6 Å². The number of rotatable bonds is 0. The number of aliphatic hydroxyl groups excluding tert-OH is 2. The maximum atomic E-state index is 10.5. The van der Waals surface area contributed by atoms with Crippen molar-refractivity contribution in [3.05, 3.63) is 11.6 Å². The average molecular weight is 304 g/mol. The van der Waals surface area contributed by atoms with Gasteiger partial charge in [-0.05, 0) is 79.4 Å². The van der Waals surface area contributed by atoms with Gasteiger partial charge in [-0.3, -0.25) is 0 Å². The van der Waals surface area contributed by atoms with Gasteiger partial charge in [0.25, 0.3) is 0 Å². The molecule has 8 atom stereocenters. The quantitative estimate of drug-likeness (QED) is 0.666. The second-order valence-corrected chi connectivity index (χ2v) is 9.29. The highest BCUT2D eigenvalue weighted by Crippen LogP contribution is 2.65. The maximum Gasteiger partial charge on any atom is 0.0596 e. The fraction of sp³-hybridized carbons (Fsp3) is 0.900. The summed E-state index contributed by atoms with van der Waals surface area (Å²) in [4.78, 5) is 0. The molecule has 0 radical (unpaired) electrons. The van der Waals surface area contributed by atoms with Gasteiger partial charge >= 0.3 is 0 Å². The molecule has 3 fully saturated rings. The second kappa shape index (κ2) is 4.83. The summed E-state index contributed by atoms with van der Waals surface area (Å²) in [5, 5.41) is 20.6. The molecule has 0 saturated heterocycles. The minimum Gasteiger partial charge on any atom is -0.393 e. The average Bonchev–Trinajstić information content (AvgIpc) is 2.77. The second-order valence-electron chi connectivity index (χ2n) is 9.29. The lowest BCUT2D eigenvalue weighted by Gasteiger charge is -2.59. The molecule has 0 heterocycles. The Hall–Kier alpha value is -0.340. The number of aliphatic hydroxyl groups is 2. The third-order valence-corrected chi connectivity index (χ3v) is 8.36. The van der Waals surface area contributed by atoms with E-state index < -0.39 is 0 Å². The molecule has 4 aliphatic rings. The number of hydrogen-bond acceptors (Lipinski definition) is 2. The summed E-state index contributed by atoms with van der Waals surface area (Å²) in [6.45, 7) is 7.22. The lowest BCUT2D eigenvalue weighted by atomic mass is 9.46. The van der Waals surface area contributed by atoms with Crippen LogP contribution in [0.25, 0.3) is 0 Å². The summed E-state index contributed by atoms with van der Waals surface area (Å²) < 4.78 is 0. The molecule has 0 spiro atoms. The SMILES string of the molecule is CC1C=C2CC(O)CCC2(C)C2CCC3(C)C(O)CCC3C12. The van der Waals surface area contributed by atoms with Gasteiger partial charge in [0, 0.05) is 0 Å². The van der Waals surface area contributed by atoms with Gasteiger partial charge in [0.1, 0.15) is 0 Å². The van der Waals surface area contributed by atoms with E-state index in [1.165, 1.54) is 19.3 Å². The number of fused-ring (bicyclic) bond motifs is 5. The molecule has 22 heavy (non-hydrogen) atoms. The van der Waals surface area contributed by atoms with Crippen molar-refractivity contribution in [2.75, 3.05) is 0 Å². The Kier molecular flexibility index (Phi) is 3.34. The van der Waals surface area contributed by atoms with E-state index in [9.17, 15) is 10.2 Å². The van der Waals surface area contributed by atoms with E-state index in [0.717, 1.165) is 37.5 Å². The molecule has 0 aromatic heterocycles. The number of hydrogen-bond donors (Lipinski definition) is 2. The van der Waals surface area contributed by atoms with Crippen molar-refractivity contribution in [1.82, 2.24) is 0 Å². The van der Waals surface area contributed by atoms with E-state index in [4.69, 9.17) is 0 Å². The van der Waals surface area contributed by atoms with Crippen LogP contribution >= 0.6 is 0 Å². The third-order valence-electron chi connectivity index (χ3n) is 8.36. The highest BCUT2D eigenvalue weighted by Gasteiger charge is 2.59. The molecule has 2 nitrogen and oxygen atoms in total. The minimum atomic E-state index is -0.120. The highest BCUT2D eigenvalue weighted by molar-refractivity contribution is 5.26. The van der Waals surface area contributed by atoms with Gasteiger partial charge in [-0.15, -0.1) is 0 Å². The first-order valence-corrected chi connectivity index (χ1v) is 9.43. The molecule has 124 valence electrons. The molecule has 4 aliphatic carbocycles. The Morgan fingerprint density at radius 1 is 1.00 bits per heavy atom. The van der Waals surface area contributed by atoms with Crippen LogP contribution in [0.1, 0.15) is 65.7 Å². The first kappa shape index (κ1) is 15.2. The fourth-order valence-corrected chi connectivity index (χ4v) is 6.97. The van der Waals surface area contributed by atoms with Gasteiger partial charge in [-0.25, -0.2) is 0 Å². The Morgan fingerprint density at radius 2 is 1.77 bits per heavy atom. The van der Waals surface area contributed by atoms with Crippen molar-refractivity contribution in [3.63, 3.8) is 0 Å². The van der Waals surface area contributed by atoms with Gasteiger partial charge in [0.2, 0.25) is 0 Å². The van der Waals surface area contributed by atoms with Crippen molar-refractivity contribution >= 4 is 0 Å². The lowest BCUT2D eigenvalue weighted by Crippen LogP contribution is -2.53. The van der Waals surface area contributed by atoms with Gasteiger partial charge in [0.05, 0.1) is 12.2 Å². The van der Waals surface area contributed by atoms with Crippen LogP contribution in [0.4, 0.5) is 0 Å². The Balaban J connectivity index is 1.73. The summed E-state index contributed by atoms with van der Waals surface area (Å²) in [7, 11) is 0. The van der Waals surface area contributed by atoms with E-state index in [1.54, 1.807) is 5.57 Å². The maximum absolute atomic E-state index is 10.5. The van der Waals surface area contributed by atoms with Crippen LogP contribution < -0.4 is 0 Å². The summed E-state index contributed by atoms with van der Waals surface area (Å²) in [5.41, 5.74) is 2.01. The van der Waals surface area contributed by atoms with E-state index in [-0.39, 0.29) is 17.6 Å². The van der Waals surface area contributed by atoms with E-state index in [2.05, 4.69) is 26.8 Å². The molecule has 2 heteroatoms. The third kappa shape index (κ3) is 1.86. The topological polar surface area (TPSA) is 40.5 Å². The normalized spacial score (nSPS) is 57.6. The molecule has 0 bridgehead atoms. The molecule has 8 unspecified atom stereocenters. The monoisotopic (exact) mass is 304 g/mol. The Labute approximate surface area is 135 Å². The van der Waals surface area contributed by atoms with Gasteiger partial charge in [0.15, 0.2) is 0 Å². The van der Waals surface area contributed by atoms with Crippen LogP contribution in [-0.4, -0.2) is 22.4 Å². The van der Waals surface area contributed by atoms with Gasteiger partial charge < -0.3 is 10.2 Å². The van der Waals surface area contributed by atoms with Crippen molar-refractivity contribution in [3.8, 4) is 0 Å². The largest absolute Gasteiger partial charge is 0.393 e. The van der Waals surface area contributed by atoms with Gasteiger partial charge in [-0.2, -0.15) is 0 Å². The summed E-state index contributed by atoms with van der Waals surface area (Å²) in [6, 6.07) is 0. The van der Waals surface area contributed by atoms with Crippen LogP contribution in [0.2, 0.25) is 0 Å². The molecular weight excluding hydrogens is 272 g/mol. The molecule has 0 aromatic rings. The molecule has 0 aliphatic heterocycles.